The second-order valence-electron chi connectivity index (χ2n) is 1.58. The lowest BCUT2D eigenvalue weighted by molar-refractivity contribution is -0.141. The van der Waals surface area contributed by atoms with Crippen molar-refractivity contribution in [2.45, 2.75) is 12.5 Å². The highest BCUT2D eigenvalue weighted by atomic mass is 16.4. The number of aldehydes is 1. The van der Waals surface area contributed by atoms with E-state index in [0.717, 1.165) is 0 Å². The molecule has 1 atom stereocenters. The van der Waals surface area contributed by atoms with Crippen LogP contribution in [0.1, 0.15) is 6.42 Å². The summed E-state index contributed by atoms with van der Waals surface area (Å²) >= 11 is 0. The quantitative estimate of drug-likeness (QED) is 0.474. The molecule has 0 aliphatic rings. The van der Waals surface area contributed by atoms with Gasteiger partial charge in [-0.3, -0.25) is 4.79 Å². The number of carboxylic acids is 1. The molecule has 1 amide bonds. The summed E-state index contributed by atoms with van der Waals surface area (Å²) in [6.45, 7) is 0. The summed E-state index contributed by atoms with van der Waals surface area (Å²) in [7, 11) is 0. The zero-order valence-corrected chi connectivity index (χ0v) is 5.11. The third-order valence-corrected chi connectivity index (χ3v) is 0.899. The van der Waals surface area contributed by atoms with Gasteiger partial charge < -0.3 is 15.2 Å². The van der Waals surface area contributed by atoms with Crippen LogP contribution in [0.5, 0.6) is 0 Å². The molecule has 10 heavy (non-hydrogen) atoms. The van der Waals surface area contributed by atoms with Crippen molar-refractivity contribution >= 4 is 18.7 Å². The lowest BCUT2D eigenvalue weighted by Crippen LogP contribution is -2.35. The molecule has 0 bridgehead atoms. The third-order valence-electron chi connectivity index (χ3n) is 0.899. The number of nitrogens with one attached hydrogen (secondary N) is 1. The monoisotopic (exact) mass is 145 g/mol. The second kappa shape index (κ2) is 4.49. The van der Waals surface area contributed by atoms with Crippen LogP contribution in [0.15, 0.2) is 0 Å². The van der Waals surface area contributed by atoms with Gasteiger partial charge in [-0.1, -0.05) is 0 Å². The summed E-state index contributed by atoms with van der Waals surface area (Å²) in [5.74, 6) is -1.21. The van der Waals surface area contributed by atoms with E-state index in [1.165, 1.54) is 0 Å². The molecule has 0 saturated heterocycles. The molecule has 0 heterocycles. The lowest BCUT2D eigenvalue weighted by Gasteiger charge is -2.04. The second-order valence-corrected chi connectivity index (χ2v) is 1.58. The first-order valence-corrected chi connectivity index (χ1v) is 2.58. The minimum atomic E-state index is -1.21. The van der Waals surface area contributed by atoms with Gasteiger partial charge in [-0.2, -0.15) is 0 Å². The summed E-state index contributed by atoms with van der Waals surface area (Å²) in [4.78, 5) is 29.6. The van der Waals surface area contributed by atoms with Crippen LogP contribution in [0.3, 0.4) is 0 Å². The van der Waals surface area contributed by atoms with Gasteiger partial charge in [0.1, 0.15) is 12.3 Å². The third kappa shape index (κ3) is 2.81. The zero-order chi connectivity index (χ0) is 7.98. The summed E-state index contributed by atoms with van der Waals surface area (Å²) < 4.78 is 0. The van der Waals surface area contributed by atoms with E-state index in [4.69, 9.17) is 5.11 Å². The molecule has 0 aromatic heterocycles. The van der Waals surface area contributed by atoms with E-state index in [2.05, 4.69) is 0 Å². The fourth-order valence-corrected chi connectivity index (χ4v) is 0.419. The maximum Gasteiger partial charge on any atom is 0.326 e. The maximum atomic E-state index is 10.1. The standard InChI is InChI=1S/C5H7NO4/c7-2-1-4(5(9)10)6-3-8/h2-4H,1H2,(H,6,8)(H,9,10). The number of carbonyl (C=O) groups excluding carboxylic acids is 2. The summed E-state index contributed by atoms with van der Waals surface area (Å²) in [6.07, 6.45) is 0.492. The van der Waals surface area contributed by atoms with Crippen molar-refractivity contribution in [3.8, 4) is 0 Å². The SMILES string of the molecule is O=CCC(NC=O)C(=O)O. The van der Waals surface area contributed by atoms with Crippen LogP contribution in [0.2, 0.25) is 0 Å². The van der Waals surface area contributed by atoms with Crippen LogP contribution in [-0.2, 0) is 14.4 Å². The molecule has 5 heteroatoms. The van der Waals surface area contributed by atoms with Gasteiger partial charge in [0.05, 0.1) is 0 Å². The van der Waals surface area contributed by atoms with Crippen LogP contribution in [-0.4, -0.2) is 29.8 Å². The highest BCUT2D eigenvalue weighted by Crippen LogP contribution is 1.85. The van der Waals surface area contributed by atoms with Gasteiger partial charge in [0, 0.05) is 6.42 Å². The Bertz CT molecular complexity index is 135. The topological polar surface area (TPSA) is 83.5 Å². The molecule has 56 valence electrons. The smallest absolute Gasteiger partial charge is 0.326 e. The van der Waals surface area contributed by atoms with Crippen LogP contribution in [0.25, 0.3) is 0 Å². The Morgan fingerprint density at radius 1 is 1.60 bits per heavy atom. The van der Waals surface area contributed by atoms with Gasteiger partial charge in [0.25, 0.3) is 0 Å². The van der Waals surface area contributed by atoms with Crippen LogP contribution in [0, 0.1) is 0 Å². The van der Waals surface area contributed by atoms with Crippen molar-refractivity contribution in [1.29, 1.82) is 0 Å². The van der Waals surface area contributed by atoms with Gasteiger partial charge in [-0.15, -0.1) is 0 Å². The van der Waals surface area contributed by atoms with Crippen molar-refractivity contribution < 1.29 is 19.5 Å². The number of aliphatic carboxylic acids is 1. The van der Waals surface area contributed by atoms with Crippen molar-refractivity contribution in [3.05, 3.63) is 0 Å². The van der Waals surface area contributed by atoms with Gasteiger partial charge in [0.15, 0.2) is 0 Å². The fraction of sp³-hybridized carbons (Fsp3) is 0.400. The number of amides is 1. The first-order chi connectivity index (χ1) is 4.72. The Morgan fingerprint density at radius 3 is 2.50 bits per heavy atom. The Morgan fingerprint density at radius 2 is 2.20 bits per heavy atom. The molecule has 0 radical (unpaired) electrons. The molecule has 0 saturated carbocycles. The van der Waals surface area contributed by atoms with Gasteiger partial charge in [0.2, 0.25) is 6.41 Å². The average Bonchev–Trinajstić information content (AvgIpc) is 1.87. The highest BCUT2D eigenvalue weighted by Gasteiger charge is 2.14. The Hall–Kier alpha value is -1.39. The lowest BCUT2D eigenvalue weighted by atomic mass is 10.2. The number of hydrogen-bond acceptors (Lipinski definition) is 3. The van der Waals surface area contributed by atoms with Crippen molar-refractivity contribution in [3.63, 3.8) is 0 Å². The molecular formula is C5H7NO4. The number of hydrogen-bond donors (Lipinski definition) is 2. The summed E-state index contributed by atoms with van der Waals surface area (Å²) in [6, 6.07) is -1.09. The minimum Gasteiger partial charge on any atom is -0.480 e. The molecule has 0 spiro atoms. The predicted octanol–water partition coefficient (Wildman–Crippen LogP) is -1.23. The Kier molecular flexibility index (Phi) is 3.86. The molecule has 0 aliphatic heterocycles. The van der Waals surface area contributed by atoms with Crippen LogP contribution < -0.4 is 5.32 Å². The Balaban J connectivity index is 3.83. The van der Waals surface area contributed by atoms with Crippen LogP contribution >= 0.6 is 0 Å². The van der Waals surface area contributed by atoms with Gasteiger partial charge in [-0.25, -0.2) is 4.79 Å². The van der Waals surface area contributed by atoms with Crippen LogP contribution in [0.4, 0.5) is 0 Å². The van der Waals surface area contributed by atoms with Crippen molar-refractivity contribution in [1.82, 2.24) is 5.32 Å². The number of carbonyl (C=O) groups is 3. The molecule has 0 rings (SSSR count). The van der Waals surface area contributed by atoms with E-state index in [-0.39, 0.29) is 12.8 Å². The van der Waals surface area contributed by atoms with Crippen molar-refractivity contribution in [2.75, 3.05) is 0 Å². The number of carboxylic acid groups (broad SMARTS) is 1. The van der Waals surface area contributed by atoms with Gasteiger partial charge in [-0.05, 0) is 0 Å². The first-order valence-electron chi connectivity index (χ1n) is 2.58. The van der Waals surface area contributed by atoms with Gasteiger partial charge >= 0.3 is 5.97 Å². The van der Waals surface area contributed by atoms with E-state index in [9.17, 15) is 14.4 Å². The molecule has 0 fully saturated rings. The largest absolute Gasteiger partial charge is 0.480 e. The zero-order valence-electron chi connectivity index (χ0n) is 5.11. The average molecular weight is 145 g/mol. The fourth-order valence-electron chi connectivity index (χ4n) is 0.419. The molecule has 0 aromatic carbocycles. The molecular weight excluding hydrogens is 138 g/mol. The Labute approximate surface area is 57.0 Å². The van der Waals surface area contributed by atoms with E-state index in [0.29, 0.717) is 6.29 Å². The molecule has 2 N–H and O–H groups in total. The predicted molar refractivity (Wildman–Crippen MR) is 31.3 cm³/mol. The molecule has 1 unspecified atom stereocenters. The number of rotatable bonds is 5. The molecule has 0 aromatic rings. The van der Waals surface area contributed by atoms with E-state index >= 15 is 0 Å². The highest BCUT2D eigenvalue weighted by molar-refractivity contribution is 5.79. The minimum absolute atomic E-state index is 0.200. The normalized spacial score (nSPS) is 11.6. The van der Waals surface area contributed by atoms with E-state index in [1.807, 2.05) is 5.32 Å². The maximum absolute atomic E-state index is 10.1. The molecule has 5 nitrogen and oxygen atoms in total. The van der Waals surface area contributed by atoms with E-state index in [1.54, 1.807) is 0 Å². The molecule has 0 aliphatic carbocycles. The van der Waals surface area contributed by atoms with E-state index < -0.39 is 12.0 Å². The summed E-state index contributed by atoms with van der Waals surface area (Å²) in [5, 5.41) is 10.2. The first kappa shape index (κ1) is 8.61. The summed E-state index contributed by atoms with van der Waals surface area (Å²) in [5.41, 5.74) is 0. The van der Waals surface area contributed by atoms with Crippen molar-refractivity contribution in [2.24, 2.45) is 0 Å².